The van der Waals surface area contributed by atoms with Gasteiger partial charge in [-0.05, 0) is 37.9 Å². The molecule has 0 bridgehead atoms. The quantitative estimate of drug-likeness (QED) is 0.825. The van der Waals surface area contributed by atoms with Gasteiger partial charge in [-0.25, -0.2) is 0 Å². The van der Waals surface area contributed by atoms with Gasteiger partial charge in [-0.15, -0.1) is 0 Å². The van der Waals surface area contributed by atoms with Crippen molar-refractivity contribution < 1.29 is 4.79 Å². The summed E-state index contributed by atoms with van der Waals surface area (Å²) < 4.78 is 0. The number of nitrogens with zero attached hydrogens (tertiary/aromatic N) is 1. The predicted molar refractivity (Wildman–Crippen MR) is 79.0 cm³/mol. The van der Waals surface area contributed by atoms with Gasteiger partial charge >= 0.3 is 0 Å². The molecule has 0 spiro atoms. The third kappa shape index (κ3) is 3.24. The molecule has 1 atom stereocenters. The number of Topliss-reactive ketones (excluding diaryl/α,β-unsaturated/α-hetero) is 1. The average molecular weight is 259 g/mol. The van der Waals surface area contributed by atoms with Crippen LogP contribution in [0.5, 0.6) is 0 Å². The number of rotatable bonds is 4. The van der Waals surface area contributed by atoms with Crippen LogP contribution in [0, 0.1) is 18.3 Å². The van der Waals surface area contributed by atoms with Crippen molar-refractivity contribution in [1.82, 2.24) is 4.90 Å². The third-order valence-corrected chi connectivity index (χ3v) is 4.39. The number of carbonyl (C=O) groups excluding carboxylic acids is 1. The maximum absolute atomic E-state index is 12.3. The van der Waals surface area contributed by atoms with Crippen LogP contribution in [0.3, 0.4) is 0 Å². The largest absolute Gasteiger partial charge is 0.301 e. The Labute approximate surface area is 116 Å². The summed E-state index contributed by atoms with van der Waals surface area (Å²) in [6.07, 6.45) is 2.08. The molecule has 0 amide bonds. The van der Waals surface area contributed by atoms with Crippen molar-refractivity contribution in [2.75, 3.05) is 13.6 Å². The first-order chi connectivity index (χ1) is 8.90. The molecule has 1 aromatic carbocycles. The number of benzene rings is 1. The van der Waals surface area contributed by atoms with Crippen molar-refractivity contribution in [1.29, 1.82) is 0 Å². The topological polar surface area (TPSA) is 20.3 Å². The van der Waals surface area contributed by atoms with Gasteiger partial charge in [0.1, 0.15) is 5.78 Å². The predicted octanol–water partition coefficient (Wildman–Crippen LogP) is 3.43. The van der Waals surface area contributed by atoms with E-state index in [1.165, 1.54) is 11.1 Å². The molecule has 1 fully saturated rings. The lowest BCUT2D eigenvalue weighted by Gasteiger charge is -2.22. The Hall–Kier alpha value is -1.15. The van der Waals surface area contributed by atoms with Crippen LogP contribution in [0.1, 0.15) is 37.8 Å². The van der Waals surface area contributed by atoms with E-state index in [1.807, 2.05) is 0 Å². The van der Waals surface area contributed by atoms with E-state index in [0.717, 1.165) is 25.9 Å². The Bertz CT molecular complexity index is 464. The Kier molecular flexibility index (Phi) is 4.10. The minimum Gasteiger partial charge on any atom is -0.301 e. The van der Waals surface area contributed by atoms with Gasteiger partial charge in [0, 0.05) is 24.4 Å². The normalized spacial score (nSPS) is 22.2. The fraction of sp³-hybridized carbons (Fsp3) is 0.588. The first-order valence-electron chi connectivity index (χ1n) is 7.17. The molecule has 0 heterocycles. The van der Waals surface area contributed by atoms with Gasteiger partial charge in [0.15, 0.2) is 0 Å². The van der Waals surface area contributed by atoms with Crippen molar-refractivity contribution >= 4 is 5.78 Å². The SMILES string of the molecule is Cc1ccccc1CN(C)CC1CCC(C)(C)C1=O. The monoisotopic (exact) mass is 259 g/mol. The summed E-state index contributed by atoms with van der Waals surface area (Å²) in [5, 5.41) is 0. The second kappa shape index (κ2) is 5.46. The summed E-state index contributed by atoms with van der Waals surface area (Å²) in [6.45, 7) is 8.12. The van der Waals surface area contributed by atoms with E-state index < -0.39 is 0 Å². The fourth-order valence-corrected chi connectivity index (χ4v) is 3.04. The second-order valence-corrected chi connectivity index (χ2v) is 6.61. The summed E-state index contributed by atoms with van der Waals surface area (Å²) in [6, 6.07) is 8.47. The zero-order chi connectivity index (χ0) is 14.0. The molecule has 2 nitrogen and oxygen atoms in total. The number of hydrogen-bond acceptors (Lipinski definition) is 2. The van der Waals surface area contributed by atoms with Crippen LogP contribution >= 0.6 is 0 Å². The molecule has 0 aromatic heterocycles. The molecule has 0 radical (unpaired) electrons. The number of carbonyl (C=O) groups is 1. The van der Waals surface area contributed by atoms with Crippen LogP contribution in [-0.4, -0.2) is 24.3 Å². The summed E-state index contributed by atoms with van der Waals surface area (Å²) in [5.74, 6) is 0.674. The van der Waals surface area contributed by atoms with E-state index in [1.54, 1.807) is 0 Å². The van der Waals surface area contributed by atoms with E-state index in [0.29, 0.717) is 5.78 Å². The Morgan fingerprint density at radius 3 is 2.58 bits per heavy atom. The molecule has 0 saturated heterocycles. The lowest BCUT2D eigenvalue weighted by atomic mass is 9.89. The molecule has 1 aliphatic carbocycles. The highest BCUT2D eigenvalue weighted by Gasteiger charge is 2.40. The Morgan fingerprint density at radius 2 is 2.00 bits per heavy atom. The lowest BCUT2D eigenvalue weighted by molar-refractivity contribution is -0.127. The number of aryl methyl sites for hydroxylation is 1. The van der Waals surface area contributed by atoms with E-state index in [2.05, 4.69) is 57.0 Å². The number of ketones is 1. The smallest absolute Gasteiger partial charge is 0.142 e. The van der Waals surface area contributed by atoms with Gasteiger partial charge in [0.2, 0.25) is 0 Å². The highest BCUT2D eigenvalue weighted by atomic mass is 16.1. The van der Waals surface area contributed by atoms with Crippen molar-refractivity contribution in [2.24, 2.45) is 11.3 Å². The minimum atomic E-state index is -0.103. The van der Waals surface area contributed by atoms with E-state index in [-0.39, 0.29) is 11.3 Å². The maximum Gasteiger partial charge on any atom is 0.142 e. The van der Waals surface area contributed by atoms with Gasteiger partial charge in [0.05, 0.1) is 0 Å². The highest BCUT2D eigenvalue weighted by Crippen LogP contribution is 2.37. The molecule has 2 heteroatoms. The molecule has 1 saturated carbocycles. The second-order valence-electron chi connectivity index (χ2n) is 6.61. The Balaban J connectivity index is 1.94. The average Bonchev–Trinajstić information content (AvgIpc) is 2.59. The van der Waals surface area contributed by atoms with Crippen molar-refractivity contribution in [3.05, 3.63) is 35.4 Å². The molecule has 19 heavy (non-hydrogen) atoms. The summed E-state index contributed by atoms with van der Waals surface area (Å²) in [4.78, 5) is 14.5. The van der Waals surface area contributed by atoms with Crippen LogP contribution in [0.15, 0.2) is 24.3 Å². The molecule has 104 valence electrons. The van der Waals surface area contributed by atoms with Crippen LogP contribution in [-0.2, 0) is 11.3 Å². The molecule has 1 aliphatic rings. The molecule has 1 unspecified atom stereocenters. The van der Waals surface area contributed by atoms with Crippen LogP contribution < -0.4 is 0 Å². The molecular formula is C17H25NO. The van der Waals surface area contributed by atoms with Gasteiger partial charge in [0.25, 0.3) is 0 Å². The summed E-state index contributed by atoms with van der Waals surface area (Å²) >= 11 is 0. The zero-order valence-corrected chi connectivity index (χ0v) is 12.6. The molecule has 0 aliphatic heterocycles. The first kappa shape index (κ1) is 14.3. The standard InChI is InChI=1S/C17H25NO/c1-13-7-5-6-8-14(13)11-18(4)12-15-9-10-17(2,3)16(15)19/h5-8,15H,9-12H2,1-4H3. The fourth-order valence-electron chi connectivity index (χ4n) is 3.04. The first-order valence-corrected chi connectivity index (χ1v) is 7.17. The van der Waals surface area contributed by atoms with Crippen molar-refractivity contribution in [3.8, 4) is 0 Å². The molecule has 0 N–H and O–H groups in total. The molecular weight excluding hydrogens is 234 g/mol. The van der Waals surface area contributed by atoms with Gasteiger partial charge in [-0.1, -0.05) is 38.1 Å². The maximum atomic E-state index is 12.3. The van der Waals surface area contributed by atoms with E-state index in [9.17, 15) is 4.79 Å². The zero-order valence-electron chi connectivity index (χ0n) is 12.6. The molecule has 1 aromatic rings. The van der Waals surface area contributed by atoms with Crippen molar-refractivity contribution in [3.63, 3.8) is 0 Å². The highest BCUT2D eigenvalue weighted by molar-refractivity contribution is 5.88. The Morgan fingerprint density at radius 1 is 1.32 bits per heavy atom. The van der Waals surface area contributed by atoms with E-state index in [4.69, 9.17) is 0 Å². The van der Waals surface area contributed by atoms with Crippen LogP contribution in [0.4, 0.5) is 0 Å². The summed E-state index contributed by atoms with van der Waals surface area (Å²) in [5.41, 5.74) is 2.58. The minimum absolute atomic E-state index is 0.103. The summed E-state index contributed by atoms with van der Waals surface area (Å²) in [7, 11) is 2.12. The van der Waals surface area contributed by atoms with Gasteiger partial charge in [-0.3, -0.25) is 4.79 Å². The van der Waals surface area contributed by atoms with Gasteiger partial charge in [-0.2, -0.15) is 0 Å². The third-order valence-electron chi connectivity index (χ3n) is 4.39. The van der Waals surface area contributed by atoms with Crippen LogP contribution in [0.2, 0.25) is 0 Å². The lowest BCUT2D eigenvalue weighted by Crippen LogP contribution is -2.31. The van der Waals surface area contributed by atoms with Crippen molar-refractivity contribution in [2.45, 2.75) is 40.2 Å². The van der Waals surface area contributed by atoms with E-state index >= 15 is 0 Å². The number of hydrogen-bond donors (Lipinski definition) is 0. The molecule has 2 rings (SSSR count). The van der Waals surface area contributed by atoms with Crippen LogP contribution in [0.25, 0.3) is 0 Å². The van der Waals surface area contributed by atoms with Gasteiger partial charge < -0.3 is 4.90 Å².